The number of hydrogen-bond acceptors (Lipinski definition) is 4. The number of aromatic amines is 1. The average molecular weight is 290 g/mol. The van der Waals surface area contributed by atoms with Crippen molar-refractivity contribution in [3.05, 3.63) is 54.4 Å². The highest BCUT2D eigenvalue weighted by Gasteiger charge is 2.10. The van der Waals surface area contributed by atoms with Crippen molar-refractivity contribution in [1.82, 2.24) is 15.0 Å². The molecule has 0 amide bonds. The number of aliphatic hydroxyl groups is 1. The van der Waals surface area contributed by atoms with Gasteiger partial charge >= 0.3 is 0 Å². The van der Waals surface area contributed by atoms with Crippen molar-refractivity contribution >= 4 is 27.8 Å². The van der Waals surface area contributed by atoms with E-state index < -0.39 is 0 Å². The largest absolute Gasteiger partial charge is 0.392 e. The molecule has 0 fully saturated rings. The number of hydrogen-bond donors (Lipinski definition) is 3. The van der Waals surface area contributed by atoms with Crippen LogP contribution in [0.5, 0.6) is 0 Å². The third kappa shape index (κ3) is 1.91. The number of rotatable bonds is 2. The first-order valence-corrected chi connectivity index (χ1v) is 6.98. The predicted molar refractivity (Wildman–Crippen MR) is 87.2 cm³/mol. The van der Waals surface area contributed by atoms with Crippen molar-refractivity contribution in [1.29, 1.82) is 0 Å². The Kier molecular flexibility index (Phi) is 2.80. The van der Waals surface area contributed by atoms with E-state index in [1.165, 1.54) is 0 Å². The maximum Gasteiger partial charge on any atom is 0.138 e. The van der Waals surface area contributed by atoms with Gasteiger partial charge in [-0.05, 0) is 23.3 Å². The molecule has 0 aliphatic rings. The number of nitrogens with zero attached hydrogens (tertiary/aromatic N) is 2. The lowest BCUT2D eigenvalue weighted by atomic mass is 10.0. The van der Waals surface area contributed by atoms with E-state index in [4.69, 9.17) is 5.73 Å². The molecule has 3 heterocycles. The lowest BCUT2D eigenvalue weighted by Crippen LogP contribution is -1.90. The Hall–Kier alpha value is -2.92. The van der Waals surface area contributed by atoms with E-state index in [1.54, 1.807) is 6.20 Å². The van der Waals surface area contributed by atoms with Gasteiger partial charge in [-0.25, -0.2) is 9.97 Å². The normalized spacial score (nSPS) is 11.3. The van der Waals surface area contributed by atoms with E-state index in [1.807, 2.05) is 36.5 Å². The molecule has 4 N–H and O–H groups in total. The van der Waals surface area contributed by atoms with Gasteiger partial charge in [0.05, 0.1) is 18.3 Å². The number of nitrogens with two attached hydrogens (primary N) is 1. The monoisotopic (exact) mass is 290 g/mol. The minimum Gasteiger partial charge on any atom is -0.392 e. The molecule has 5 heteroatoms. The lowest BCUT2D eigenvalue weighted by Gasteiger charge is -2.07. The smallest absolute Gasteiger partial charge is 0.138 e. The van der Waals surface area contributed by atoms with E-state index in [2.05, 4.69) is 21.0 Å². The number of nitrogens with one attached hydrogen (secondary N) is 1. The van der Waals surface area contributed by atoms with Gasteiger partial charge in [0.15, 0.2) is 0 Å². The molecular formula is C17H14N4O. The summed E-state index contributed by atoms with van der Waals surface area (Å²) in [6, 6.07) is 11.7. The molecule has 0 saturated carbocycles. The summed E-state index contributed by atoms with van der Waals surface area (Å²) in [6.45, 7) is -0.00103. The van der Waals surface area contributed by atoms with Crippen LogP contribution >= 0.6 is 0 Å². The zero-order valence-corrected chi connectivity index (χ0v) is 11.7. The molecule has 0 spiro atoms. The molecule has 4 rings (SSSR count). The summed E-state index contributed by atoms with van der Waals surface area (Å²) in [6.07, 6.45) is 3.52. The van der Waals surface area contributed by atoms with Crippen LogP contribution in [0, 0.1) is 0 Å². The van der Waals surface area contributed by atoms with Gasteiger partial charge in [-0.1, -0.05) is 24.3 Å². The van der Waals surface area contributed by atoms with Gasteiger partial charge in [-0.2, -0.15) is 0 Å². The quantitative estimate of drug-likeness (QED) is 0.529. The number of benzene rings is 1. The number of anilines is 1. The standard InChI is InChI=1S/C17H14N4O/c18-16-6-13-14-5-11(12-4-2-1-3-10(12)9-22)7-20-17(14)21-15(13)8-19-16/h1-8,22H,9H2,(H2,18,19)(H,20,21). The lowest BCUT2D eigenvalue weighted by molar-refractivity contribution is 0.282. The van der Waals surface area contributed by atoms with Crippen LogP contribution in [0.4, 0.5) is 5.82 Å². The van der Waals surface area contributed by atoms with Gasteiger partial charge in [0.2, 0.25) is 0 Å². The number of aromatic nitrogens is 3. The Morgan fingerprint density at radius 1 is 1.05 bits per heavy atom. The van der Waals surface area contributed by atoms with Gasteiger partial charge in [-0.3, -0.25) is 0 Å². The van der Waals surface area contributed by atoms with Crippen LogP contribution in [0.2, 0.25) is 0 Å². The van der Waals surface area contributed by atoms with E-state index in [0.717, 1.165) is 38.6 Å². The fraction of sp³-hybridized carbons (Fsp3) is 0.0588. The first-order valence-electron chi connectivity index (χ1n) is 6.98. The zero-order chi connectivity index (χ0) is 15.1. The molecule has 108 valence electrons. The highest BCUT2D eigenvalue weighted by Crippen LogP contribution is 2.30. The summed E-state index contributed by atoms with van der Waals surface area (Å²) in [7, 11) is 0. The molecule has 22 heavy (non-hydrogen) atoms. The summed E-state index contributed by atoms with van der Waals surface area (Å²) in [5.74, 6) is 0.481. The molecular weight excluding hydrogens is 276 g/mol. The van der Waals surface area contributed by atoms with Crippen molar-refractivity contribution in [2.45, 2.75) is 6.61 Å². The van der Waals surface area contributed by atoms with Gasteiger partial charge in [0.1, 0.15) is 11.5 Å². The molecule has 0 unspecified atom stereocenters. The van der Waals surface area contributed by atoms with Gasteiger partial charge < -0.3 is 15.8 Å². The minimum absolute atomic E-state index is 0.00103. The van der Waals surface area contributed by atoms with Crippen molar-refractivity contribution in [3.8, 4) is 11.1 Å². The van der Waals surface area contributed by atoms with Crippen LogP contribution in [0.1, 0.15) is 5.56 Å². The zero-order valence-electron chi connectivity index (χ0n) is 11.7. The van der Waals surface area contributed by atoms with Gasteiger partial charge in [0, 0.05) is 22.5 Å². The second kappa shape index (κ2) is 4.82. The second-order valence-corrected chi connectivity index (χ2v) is 5.22. The van der Waals surface area contributed by atoms with Crippen molar-refractivity contribution in [2.75, 3.05) is 5.73 Å². The van der Waals surface area contributed by atoms with Crippen LogP contribution in [0.25, 0.3) is 33.1 Å². The number of fused-ring (bicyclic) bond motifs is 3. The van der Waals surface area contributed by atoms with Crippen molar-refractivity contribution in [3.63, 3.8) is 0 Å². The first-order chi connectivity index (χ1) is 10.8. The van der Waals surface area contributed by atoms with Gasteiger partial charge in [-0.15, -0.1) is 0 Å². The molecule has 5 nitrogen and oxygen atoms in total. The van der Waals surface area contributed by atoms with Crippen molar-refractivity contribution < 1.29 is 5.11 Å². The van der Waals surface area contributed by atoms with E-state index in [0.29, 0.717) is 5.82 Å². The highest BCUT2D eigenvalue weighted by molar-refractivity contribution is 6.07. The van der Waals surface area contributed by atoms with Crippen molar-refractivity contribution in [2.24, 2.45) is 0 Å². The fourth-order valence-electron chi connectivity index (χ4n) is 2.78. The number of nitrogen functional groups attached to an aromatic ring is 1. The summed E-state index contributed by atoms with van der Waals surface area (Å²) in [4.78, 5) is 11.8. The molecule has 0 atom stereocenters. The third-order valence-corrected chi connectivity index (χ3v) is 3.85. The first kappa shape index (κ1) is 12.8. The predicted octanol–water partition coefficient (Wildman–Crippen LogP) is 2.85. The van der Waals surface area contributed by atoms with Crippen LogP contribution in [0.3, 0.4) is 0 Å². The summed E-state index contributed by atoms with van der Waals surface area (Å²) in [5.41, 5.74) is 10.3. The molecule has 0 aliphatic heterocycles. The van der Waals surface area contributed by atoms with Crippen LogP contribution in [-0.4, -0.2) is 20.1 Å². The Labute approximate surface area is 126 Å². The van der Waals surface area contributed by atoms with E-state index >= 15 is 0 Å². The number of aliphatic hydroxyl groups excluding tert-OH is 1. The second-order valence-electron chi connectivity index (χ2n) is 5.22. The molecule has 4 aromatic rings. The Morgan fingerprint density at radius 2 is 1.91 bits per heavy atom. The van der Waals surface area contributed by atoms with Crippen LogP contribution in [-0.2, 0) is 6.61 Å². The Balaban J connectivity index is 2.00. The molecule has 0 saturated heterocycles. The fourth-order valence-corrected chi connectivity index (χ4v) is 2.78. The Morgan fingerprint density at radius 3 is 2.77 bits per heavy atom. The maximum atomic E-state index is 9.51. The minimum atomic E-state index is -0.00103. The van der Waals surface area contributed by atoms with E-state index in [9.17, 15) is 5.11 Å². The summed E-state index contributed by atoms with van der Waals surface area (Å²) in [5, 5.41) is 11.5. The molecule has 0 aliphatic carbocycles. The number of pyridine rings is 2. The van der Waals surface area contributed by atoms with E-state index in [-0.39, 0.29) is 6.61 Å². The van der Waals surface area contributed by atoms with Crippen LogP contribution in [0.15, 0.2) is 48.8 Å². The summed E-state index contributed by atoms with van der Waals surface area (Å²) < 4.78 is 0. The highest BCUT2D eigenvalue weighted by atomic mass is 16.3. The third-order valence-electron chi connectivity index (χ3n) is 3.85. The SMILES string of the molecule is Nc1cc2c(cn1)[nH]c1ncc(-c3ccccc3CO)cc12. The topological polar surface area (TPSA) is 87.8 Å². The maximum absolute atomic E-state index is 9.51. The van der Waals surface area contributed by atoms with Crippen LogP contribution < -0.4 is 5.73 Å². The molecule has 0 radical (unpaired) electrons. The molecule has 3 aromatic heterocycles. The average Bonchev–Trinajstić information content (AvgIpc) is 2.92. The van der Waals surface area contributed by atoms with Gasteiger partial charge in [0.25, 0.3) is 0 Å². The molecule has 0 bridgehead atoms. The Bertz CT molecular complexity index is 990. The number of H-pyrrole nitrogens is 1. The molecule has 1 aromatic carbocycles. The summed E-state index contributed by atoms with van der Waals surface area (Å²) >= 11 is 0.